The van der Waals surface area contributed by atoms with Gasteiger partial charge in [0.05, 0.1) is 27.8 Å². The topological polar surface area (TPSA) is 16.3 Å². The van der Waals surface area contributed by atoms with E-state index in [4.69, 9.17) is 0 Å². The van der Waals surface area contributed by atoms with Crippen molar-refractivity contribution >= 4 is 101 Å². The summed E-state index contributed by atoms with van der Waals surface area (Å²) in [6, 6.07) is 106. The Hall–Kier alpha value is -10.9. The lowest BCUT2D eigenvalue weighted by Crippen LogP contribution is -2.61. The van der Waals surface area contributed by atoms with E-state index >= 15 is 0 Å². The Balaban J connectivity index is 0.902. The summed E-state index contributed by atoms with van der Waals surface area (Å²) in [6.07, 6.45) is 4.70. The molecule has 19 rings (SSSR count). The van der Waals surface area contributed by atoms with Crippen LogP contribution in [0.15, 0.2) is 273 Å². The second-order valence-corrected chi connectivity index (χ2v) is 36.3. The molecule has 0 bridgehead atoms. The van der Waals surface area contributed by atoms with Crippen LogP contribution in [-0.2, 0) is 32.5 Å². The van der Waals surface area contributed by atoms with Gasteiger partial charge >= 0.3 is 0 Å². The molecule has 0 atom stereocenters. The third-order valence-electron chi connectivity index (χ3n) is 25.5. The van der Waals surface area contributed by atoms with E-state index in [-0.39, 0.29) is 39.2 Å². The average Bonchev–Trinajstić information content (AvgIpc) is 1.37. The molecular formula is C102H95BN4. The van der Waals surface area contributed by atoms with Crippen molar-refractivity contribution in [3.05, 3.63) is 306 Å². The second-order valence-electron chi connectivity index (χ2n) is 36.3. The molecule has 5 heteroatoms. The lowest BCUT2D eigenvalue weighted by atomic mass is 9.33. The van der Waals surface area contributed by atoms with Crippen LogP contribution in [-0.4, -0.2) is 15.8 Å². The van der Waals surface area contributed by atoms with Gasteiger partial charge in [-0.1, -0.05) is 285 Å². The van der Waals surface area contributed by atoms with Gasteiger partial charge in [-0.3, -0.25) is 0 Å². The normalized spacial score (nSPS) is 16.0. The lowest BCUT2D eigenvalue weighted by Gasteiger charge is -2.45. The molecule has 107 heavy (non-hydrogen) atoms. The van der Waals surface area contributed by atoms with Crippen LogP contribution in [0.1, 0.15) is 156 Å². The third-order valence-corrected chi connectivity index (χ3v) is 25.5. The smallest absolute Gasteiger partial charge is 0.252 e. The highest BCUT2D eigenvalue weighted by molar-refractivity contribution is 7.00. The number of aromatic nitrogens is 2. The predicted molar refractivity (Wildman–Crippen MR) is 459 cm³/mol. The molecule has 4 heterocycles. The molecule has 2 aromatic heterocycles. The number of fused-ring (bicyclic) bond motifs is 12. The van der Waals surface area contributed by atoms with Crippen molar-refractivity contribution in [1.29, 1.82) is 0 Å². The molecule has 0 saturated heterocycles. The SMILES string of the molecule is CC(C)(C)c1cc(-c2ccc3c(c2)B2c4ccc(-n5c6ccccc6c6ccccc65)cc4N(c4ccc(-c5ccc6c(c5)C(C)(C)CCC6(C)C)cc4)c4cc(-n5c6ccccc6c6cc(-c7ccccc7)ccc65)cc(c42)N3c2ccc(-c3ccc4c(c3)C(C)(C)CCC4(C)C)cc2)cc(C(C)(C)C)c1. The molecule has 526 valence electrons. The van der Waals surface area contributed by atoms with Gasteiger partial charge in [0.1, 0.15) is 0 Å². The van der Waals surface area contributed by atoms with E-state index in [2.05, 4.69) is 389 Å². The molecule has 0 fully saturated rings. The highest BCUT2D eigenvalue weighted by atomic mass is 15.2. The van der Waals surface area contributed by atoms with Crippen molar-refractivity contribution in [2.45, 2.75) is 155 Å². The van der Waals surface area contributed by atoms with Crippen molar-refractivity contribution in [2.24, 2.45) is 0 Å². The quantitative estimate of drug-likeness (QED) is 0.141. The maximum absolute atomic E-state index is 2.65. The van der Waals surface area contributed by atoms with E-state index < -0.39 is 0 Å². The minimum Gasteiger partial charge on any atom is -0.311 e. The number of nitrogens with zero attached hydrogens (tertiary/aromatic N) is 4. The van der Waals surface area contributed by atoms with Crippen LogP contribution in [0, 0.1) is 0 Å². The fraction of sp³-hybridized carbons (Fsp3) is 0.235. The fourth-order valence-electron chi connectivity index (χ4n) is 19.0. The van der Waals surface area contributed by atoms with Gasteiger partial charge in [0.25, 0.3) is 6.71 Å². The van der Waals surface area contributed by atoms with E-state index in [0.29, 0.717) is 0 Å². The average molecular weight is 1390 g/mol. The molecule has 15 aromatic rings. The minimum absolute atomic E-state index is 0.0716. The van der Waals surface area contributed by atoms with Crippen LogP contribution in [0.3, 0.4) is 0 Å². The van der Waals surface area contributed by atoms with Crippen LogP contribution < -0.4 is 26.2 Å². The minimum atomic E-state index is -0.192. The standard InChI is InChI=1S/C102H95BN4/c1-97(2,3)72-54-71(55-73(60-72)98(4,5)6)70-39-49-92-87(59-70)103-86-47-44-76(106-88-29-21-18-26-78(88)79-27-19-22-30-89(79)106)61-93(86)105(75-42-34-66(35-43-75)69-37-46-83-85(58-69)102(13,14)53-51-100(83,9)10)95-63-77(107-90-31-23-20-28-80(90)81-56-67(38-48-91(81)107)64-24-16-15-17-25-64)62-94(96(95)103)104(92)74-40-32-65(33-41-74)68-36-45-82-84(57-68)101(11,12)52-50-99(82,7)8/h15-49,54-63H,50-53H2,1-14H3. The first kappa shape index (κ1) is 66.8. The highest BCUT2D eigenvalue weighted by Crippen LogP contribution is 2.52. The Labute approximate surface area is 633 Å². The Morgan fingerprint density at radius 3 is 1.16 bits per heavy atom. The van der Waals surface area contributed by atoms with E-state index in [9.17, 15) is 0 Å². The molecule has 0 saturated carbocycles. The summed E-state index contributed by atoms with van der Waals surface area (Å²) in [6.45, 7) is 33.4. The molecule has 2 aliphatic heterocycles. The summed E-state index contributed by atoms with van der Waals surface area (Å²) in [4.78, 5) is 5.28. The monoisotopic (exact) mass is 1390 g/mol. The van der Waals surface area contributed by atoms with Crippen LogP contribution in [0.2, 0.25) is 0 Å². The molecule has 0 radical (unpaired) electrons. The van der Waals surface area contributed by atoms with Gasteiger partial charge < -0.3 is 18.9 Å². The van der Waals surface area contributed by atoms with E-state index in [1.807, 2.05) is 0 Å². The molecule has 13 aromatic carbocycles. The van der Waals surface area contributed by atoms with Gasteiger partial charge in [0.15, 0.2) is 0 Å². The zero-order valence-corrected chi connectivity index (χ0v) is 64.7. The first-order valence-electron chi connectivity index (χ1n) is 39.1. The Morgan fingerprint density at radius 1 is 0.262 bits per heavy atom. The van der Waals surface area contributed by atoms with Crippen LogP contribution in [0.5, 0.6) is 0 Å². The van der Waals surface area contributed by atoms with Crippen molar-refractivity contribution < 1.29 is 0 Å². The Bertz CT molecular complexity index is 6070. The number of hydrogen-bond acceptors (Lipinski definition) is 2. The first-order valence-corrected chi connectivity index (χ1v) is 39.1. The van der Waals surface area contributed by atoms with Crippen LogP contribution in [0.25, 0.3) is 99.5 Å². The zero-order valence-electron chi connectivity index (χ0n) is 64.7. The van der Waals surface area contributed by atoms with Crippen molar-refractivity contribution in [3.63, 3.8) is 0 Å². The molecule has 2 aliphatic carbocycles. The largest absolute Gasteiger partial charge is 0.311 e. The molecule has 4 aliphatic rings. The van der Waals surface area contributed by atoms with Gasteiger partial charge in [0, 0.05) is 61.4 Å². The summed E-state index contributed by atoms with van der Waals surface area (Å²) in [5.41, 5.74) is 36.2. The van der Waals surface area contributed by atoms with E-state index in [1.165, 1.54) is 152 Å². The van der Waals surface area contributed by atoms with Crippen LogP contribution in [0.4, 0.5) is 34.1 Å². The maximum Gasteiger partial charge on any atom is 0.252 e. The summed E-state index contributed by atoms with van der Waals surface area (Å²) in [5, 5.41) is 4.92. The summed E-state index contributed by atoms with van der Waals surface area (Å²) in [5.74, 6) is 0. The van der Waals surface area contributed by atoms with E-state index in [1.54, 1.807) is 0 Å². The molecule has 0 amide bonds. The maximum atomic E-state index is 2.65. The lowest BCUT2D eigenvalue weighted by molar-refractivity contribution is 0.332. The predicted octanol–water partition coefficient (Wildman–Crippen LogP) is 25.9. The van der Waals surface area contributed by atoms with Gasteiger partial charge in [-0.05, 0) is 237 Å². The number of benzene rings is 13. The molecule has 0 spiro atoms. The number of hydrogen-bond donors (Lipinski definition) is 0. The van der Waals surface area contributed by atoms with Gasteiger partial charge in [-0.15, -0.1) is 0 Å². The molecule has 0 unspecified atom stereocenters. The van der Waals surface area contributed by atoms with Crippen molar-refractivity contribution in [3.8, 4) is 55.9 Å². The summed E-state index contributed by atoms with van der Waals surface area (Å²) in [7, 11) is 0. The number of rotatable bonds is 8. The Kier molecular flexibility index (Phi) is 14.9. The Morgan fingerprint density at radius 2 is 0.645 bits per heavy atom. The fourth-order valence-corrected chi connectivity index (χ4v) is 19.0. The van der Waals surface area contributed by atoms with Crippen LogP contribution >= 0.6 is 0 Å². The zero-order chi connectivity index (χ0) is 73.6. The summed E-state index contributed by atoms with van der Waals surface area (Å²) < 4.78 is 5.06. The van der Waals surface area contributed by atoms with Gasteiger partial charge in [-0.2, -0.15) is 0 Å². The second kappa shape index (κ2) is 23.8. The molecular weight excluding hydrogens is 1290 g/mol. The highest BCUT2D eigenvalue weighted by Gasteiger charge is 2.46. The van der Waals surface area contributed by atoms with Crippen molar-refractivity contribution in [1.82, 2.24) is 9.13 Å². The molecule has 4 nitrogen and oxygen atoms in total. The number of anilines is 6. The van der Waals surface area contributed by atoms with Crippen molar-refractivity contribution in [2.75, 3.05) is 9.80 Å². The summed E-state index contributed by atoms with van der Waals surface area (Å²) >= 11 is 0. The first-order chi connectivity index (χ1) is 51.3. The van der Waals surface area contributed by atoms with E-state index in [0.717, 1.165) is 57.3 Å². The van der Waals surface area contributed by atoms with Gasteiger partial charge in [0.2, 0.25) is 0 Å². The van der Waals surface area contributed by atoms with Gasteiger partial charge in [-0.25, -0.2) is 0 Å². The third kappa shape index (κ3) is 10.7. The molecule has 0 N–H and O–H groups in total. The number of para-hydroxylation sites is 3.